The van der Waals surface area contributed by atoms with E-state index in [-0.39, 0.29) is 23.1 Å². The van der Waals surface area contributed by atoms with Crippen molar-refractivity contribution in [3.05, 3.63) is 33.9 Å². The number of benzene rings is 1. The molecular weight excluding hydrogens is 288 g/mol. The van der Waals surface area contributed by atoms with Crippen molar-refractivity contribution >= 4 is 23.4 Å². The van der Waals surface area contributed by atoms with Crippen molar-refractivity contribution in [1.29, 1.82) is 0 Å². The molecule has 21 heavy (non-hydrogen) atoms. The van der Waals surface area contributed by atoms with Crippen LogP contribution in [0.15, 0.2) is 23.1 Å². The highest BCUT2D eigenvalue weighted by Gasteiger charge is 2.32. The minimum Gasteiger partial charge on any atom is -0.349 e. The summed E-state index contributed by atoms with van der Waals surface area (Å²) < 4.78 is 0. The number of nitro groups is 1. The van der Waals surface area contributed by atoms with E-state index in [1.807, 2.05) is 0 Å². The number of rotatable bonds is 4. The molecule has 114 valence electrons. The number of carbonyl (C=O) groups excluding carboxylic acids is 1. The fourth-order valence-electron chi connectivity index (χ4n) is 2.80. The number of carbonyl (C=O) groups is 1. The van der Waals surface area contributed by atoms with E-state index in [1.165, 1.54) is 17.8 Å². The normalized spacial score (nSPS) is 20.2. The third kappa shape index (κ3) is 3.75. The van der Waals surface area contributed by atoms with E-state index in [9.17, 15) is 14.9 Å². The molecule has 1 aliphatic carbocycles. The highest BCUT2D eigenvalue weighted by molar-refractivity contribution is 7.98. The average molecular weight is 308 g/mol. The first kappa shape index (κ1) is 15.8. The van der Waals surface area contributed by atoms with E-state index in [4.69, 9.17) is 0 Å². The topological polar surface area (TPSA) is 72.2 Å². The number of thioether (sulfide) groups is 1. The van der Waals surface area contributed by atoms with Crippen molar-refractivity contribution < 1.29 is 9.72 Å². The fraction of sp³-hybridized carbons (Fsp3) is 0.533. The summed E-state index contributed by atoms with van der Waals surface area (Å²) in [6.07, 6.45) is 4.78. The monoisotopic (exact) mass is 308 g/mol. The Morgan fingerprint density at radius 3 is 2.71 bits per heavy atom. The van der Waals surface area contributed by atoms with E-state index in [1.54, 1.807) is 18.4 Å². The van der Waals surface area contributed by atoms with Gasteiger partial charge in [-0.1, -0.05) is 13.8 Å². The SMILES string of the molecule is CSc1ccc(C(=O)NC2CCC(C)(C)C2)cc1[N+](=O)[O-]. The maximum absolute atomic E-state index is 12.2. The number of nitrogens with one attached hydrogen (secondary N) is 1. The molecule has 1 aromatic carbocycles. The Morgan fingerprint density at radius 2 is 2.19 bits per heavy atom. The third-order valence-electron chi connectivity index (χ3n) is 3.94. The second-order valence-corrected chi connectivity index (χ2v) is 7.07. The van der Waals surface area contributed by atoms with E-state index in [2.05, 4.69) is 19.2 Å². The molecule has 1 atom stereocenters. The summed E-state index contributed by atoms with van der Waals surface area (Å²) in [6.45, 7) is 4.38. The van der Waals surface area contributed by atoms with Crippen LogP contribution < -0.4 is 5.32 Å². The Morgan fingerprint density at radius 1 is 1.48 bits per heavy atom. The molecule has 6 heteroatoms. The molecule has 0 aromatic heterocycles. The lowest BCUT2D eigenvalue weighted by Gasteiger charge is -2.17. The van der Waals surface area contributed by atoms with Crippen molar-refractivity contribution in [2.75, 3.05) is 6.26 Å². The second kappa shape index (κ2) is 6.05. The zero-order valence-corrected chi connectivity index (χ0v) is 13.3. The summed E-state index contributed by atoms with van der Waals surface area (Å²) >= 11 is 1.30. The van der Waals surface area contributed by atoms with Gasteiger partial charge in [0.2, 0.25) is 0 Å². The summed E-state index contributed by atoms with van der Waals surface area (Å²) in [5.74, 6) is -0.228. The quantitative estimate of drug-likeness (QED) is 0.524. The number of amides is 1. The lowest BCUT2D eigenvalue weighted by molar-refractivity contribution is -0.387. The van der Waals surface area contributed by atoms with Gasteiger partial charge in [-0.05, 0) is 43.1 Å². The van der Waals surface area contributed by atoms with E-state index < -0.39 is 4.92 Å². The van der Waals surface area contributed by atoms with E-state index >= 15 is 0 Å². The Hall–Kier alpha value is -1.56. The Labute approximate surface area is 128 Å². The maximum Gasteiger partial charge on any atom is 0.283 e. The molecule has 1 N–H and O–H groups in total. The lowest BCUT2D eigenvalue weighted by atomic mass is 9.92. The number of nitro benzene ring substituents is 1. The third-order valence-corrected chi connectivity index (χ3v) is 4.73. The molecule has 1 amide bonds. The van der Waals surface area contributed by atoms with Gasteiger partial charge in [-0.25, -0.2) is 0 Å². The van der Waals surface area contributed by atoms with Crippen LogP contribution >= 0.6 is 11.8 Å². The van der Waals surface area contributed by atoms with Gasteiger partial charge in [0.15, 0.2) is 0 Å². The standard InChI is InChI=1S/C15H20N2O3S/c1-15(2)7-6-11(9-15)16-14(18)10-4-5-13(21-3)12(8-10)17(19)20/h4-5,8,11H,6-7,9H2,1-3H3,(H,16,18). The van der Waals surface area contributed by atoms with Crippen molar-refractivity contribution in [1.82, 2.24) is 5.32 Å². The van der Waals surface area contributed by atoms with Crippen molar-refractivity contribution in [2.24, 2.45) is 5.41 Å². The van der Waals surface area contributed by atoms with Crippen LogP contribution in [0.25, 0.3) is 0 Å². The molecule has 2 rings (SSSR count). The molecule has 0 radical (unpaired) electrons. The van der Waals surface area contributed by atoms with Crippen LogP contribution in [0.1, 0.15) is 43.5 Å². The summed E-state index contributed by atoms with van der Waals surface area (Å²) in [4.78, 5) is 23.4. The molecule has 1 unspecified atom stereocenters. The van der Waals surface area contributed by atoms with Crippen LogP contribution in [0.2, 0.25) is 0 Å². The van der Waals surface area contributed by atoms with Gasteiger partial charge in [0, 0.05) is 17.7 Å². The van der Waals surface area contributed by atoms with Crippen molar-refractivity contribution in [3.63, 3.8) is 0 Å². The second-order valence-electron chi connectivity index (χ2n) is 6.22. The van der Waals surface area contributed by atoms with Gasteiger partial charge in [-0.15, -0.1) is 11.8 Å². The molecule has 0 saturated heterocycles. The van der Waals surface area contributed by atoms with Crippen molar-refractivity contribution in [2.45, 2.75) is 44.0 Å². The first-order valence-corrected chi connectivity index (χ1v) is 8.18. The van der Waals surface area contributed by atoms with Crippen LogP contribution in [0.5, 0.6) is 0 Å². The zero-order valence-electron chi connectivity index (χ0n) is 12.5. The number of hydrogen-bond acceptors (Lipinski definition) is 4. The summed E-state index contributed by atoms with van der Waals surface area (Å²) in [5, 5.41) is 14.0. The average Bonchev–Trinajstić information content (AvgIpc) is 2.76. The fourth-order valence-corrected chi connectivity index (χ4v) is 3.35. The van der Waals surface area contributed by atoms with Gasteiger partial charge in [-0.3, -0.25) is 14.9 Å². The molecule has 0 spiro atoms. The molecule has 0 bridgehead atoms. The molecule has 1 aliphatic rings. The van der Waals surface area contributed by atoms with Gasteiger partial charge in [0.1, 0.15) is 0 Å². The van der Waals surface area contributed by atoms with E-state index in [0.717, 1.165) is 19.3 Å². The number of nitrogens with zero attached hydrogens (tertiary/aromatic N) is 1. The maximum atomic E-state index is 12.2. The predicted octanol–water partition coefficient (Wildman–Crippen LogP) is 3.63. The largest absolute Gasteiger partial charge is 0.349 e. The molecule has 1 saturated carbocycles. The van der Waals surface area contributed by atoms with Crippen LogP contribution in [0.4, 0.5) is 5.69 Å². The summed E-state index contributed by atoms with van der Waals surface area (Å²) in [6, 6.07) is 4.80. The van der Waals surface area contributed by atoms with E-state index in [0.29, 0.717) is 10.5 Å². The first-order valence-electron chi connectivity index (χ1n) is 6.96. The van der Waals surface area contributed by atoms with Crippen LogP contribution in [-0.2, 0) is 0 Å². The molecule has 1 aromatic rings. The molecular formula is C15H20N2O3S. The highest BCUT2D eigenvalue weighted by Crippen LogP contribution is 2.37. The van der Waals surface area contributed by atoms with Gasteiger partial charge in [0.05, 0.1) is 9.82 Å². The summed E-state index contributed by atoms with van der Waals surface area (Å²) in [7, 11) is 0. The predicted molar refractivity (Wildman–Crippen MR) is 83.8 cm³/mol. The van der Waals surface area contributed by atoms with Gasteiger partial charge >= 0.3 is 0 Å². The smallest absolute Gasteiger partial charge is 0.283 e. The minimum absolute atomic E-state index is 0.0121. The van der Waals surface area contributed by atoms with Crippen LogP contribution in [0, 0.1) is 15.5 Å². The molecule has 0 heterocycles. The lowest BCUT2D eigenvalue weighted by Crippen LogP contribution is -2.33. The zero-order chi connectivity index (χ0) is 15.6. The molecule has 1 fully saturated rings. The Bertz CT molecular complexity index is 572. The van der Waals surface area contributed by atoms with Crippen LogP contribution in [-0.4, -0.2) is 23.1 Å². The number of hydrogen-bond donors (Lipinski definition) is 1. The minimum atomic E-state index is -0.443. The first-order chi connectivity index (χ1) is 9.82. The van der Waals surface area contributed by atoms with Gasteiger partial charge in [0.25, 0.3) is 11.6 Å². The van der Waals surface area contributed by atoms with Crippen molar-refractivity contribution in [3.8, 4) is 0 Å². The Balaban J connectivity index is 2.13. The van der Waals surface area contributed by atoms with Gasteiger partial charge < -0.3 is 5.32 Å². The molecule has 5 nitrogen and oxygen atoms in total. The highest BCUT2D eigenvalue weighted by atomic mass is 32.2. The summed E-state index contributed by atoms with van der Waals surface area (Å²) in [5.41, 5.74) is 0.596. The van der Waals surface area contributed by atoms with Gasteiger partial charge in [-0.2, -0.15) is 0 Å². The van der Waals surface area contributed by atoms with Crippen LogP contribution in [0.3, 0.4) is 0 Å². The Kier molecular flexibility index (Phi) is 4.56. The molecule has 0 aliphatic heterocycles.